The lowest BCUT2D eigenvalue weighted by molar-refractivity contribution is 0.0842. The summed E-state index contributed by atoms with van der Waals surface area (Å²) in [5, 5.41) is 0. The number of hydrogen-bond acceptors (Lipinski definition) is 3. The molecule has 2 fully saturated rings. The standard InChI is InChI=1S/C24H28BFO3/c1-5-15-10-20-17(8-16-11-21(16)20)12-23(15)27-13-18-9-19(6-7-22(18)26)25-28-14(2)24(3,4)29-25/h6-7,9-10,12,14,16,21H,5,8,11,13H2,1-4H3. The minimum absolute atomic E-state index is 0.0259. The SMILES string of the molecule is CCc1cc2c(cc1OCc1cc(B3OC(C)C(C)(C)O3)ccc1F)CC1CC21. The van der Waals surface area contributed by atoms with E-state index in [0.29, 0.717) is 5.56 Å². The zero-order valence-electron chi connectivity index (χ0n) is 17.6. The van der Waals surface area contributed by atoms with E-state index in [0.717, 1.165) is 35.9 Å². The van der Waals surface area contributed by atoms with Gasteiger partial charge in [0.25, 0.3) is 0 Å². The van der Waals surface area contributed by atoms with Crippen molar-refractivity contribution in [2.45, 2.75) is 71.2 Å². The Kier molecular flexibility index (Phi) is 4.52. The van der Waals surface area contributed by atoms with Crippen LogP contribution >= 0.6 is 0 Å². The van der Waals surface area contributed by atoms with Gasteiger partial charge in [0.1, 0.15) is 18.2 Å². The number of aryl methyl sites for hydroxylation is 1. The Morgan fingerprint density at radius 2 is 2.03 bits per heavy atom. The molecule has 0 aromatic heterocycles. The predicted octanol–water partition coefficient (Wildman–Crippen LogP) is 4.54. The topological polar surface area (TPSA) is 27.7 Å². The number of hydrogen-bond donors (Lipinski definition) is 0. The first-order chi connectivity index (χ1) is 13.9. The van der Waals surface area contributed by atoms with Crippen LogP contribution in [0.1, 0.15) is 62.3 Å². The Morgan fingerprint density at radius 3 is 2.76 bits per heavy atom. The van der Waals surface area contributed by atoms with E-state index in [4.69, 9.17) is 14.0 Å². The largest absolute Gasteiger partial charge is 0.494 e. The monoisotopic (exact) mass is 394 g/mol. The van der Waals surface area contributed by atoms with Crippen molar-refractivity contribution in [3.8, 4) is 5.75 Å². The van der Waals surface area contributed by atoms with Gasteiger partial charge in [-0.3, -0.25) is 0 Å². The first-order valence-corrected chi connectivity index (χ1v) is 10.8. The summed E-state index contributed by atoms with van der Waals surface area (Å²) in [5.74, 6) is 2.24. The van der Waals surface area contributed by atoms with Gasteiger partial charge in [0.2, 0.25) is 0 Å². The summed E-state index contributed by atoms with van der Waals surface area (Å²) in [6, 6.07) is 9.53. The average molecular weight is 394 g/mol. The highest BCUT2D eigenvalue weighted by atomic mass is 19.1. The van der Waals surface area contributed by atoms with E-state index in [2.05, 4.69) is 19.1 Å². The quantitative estimate of drug-likeness (QED) is 0.698. The van der Waals surface area contributed by atoms with E-state index in [1.165, 1.54) is 29.2 Å². The maximum atomic E-state index is 14.5. The van der Waals surface area contributed by atoms with Crippen molar-refractivity contribution < 1.29 is 18.4 Å². The van der Waals surface area contributed by atoms with Gasteiger partial charge in [-0.15, -0.1) is 0 Å². The highest BCUT2D eigenvalue weighted by molar-refractivity contribution is 6.62. The van der Waals surface area contributed by atoms with Crippen LogP contribution in [0.4, 0.5) is 4.39 Å². The van der Waals surface area contributed by atoms with Gasteiger partial charge >= 0.3 is 7.12 Å². The van der Waals surface area contributed by atoms with E-state index in [1.54, 1.807) is 6.07 Å². The lowest BCUT2D eigenvalue weighted by Crippen LogP contribution is -2.35. The molecule has 152 valence electrons. The fraction of sp³-hybridized carbons (Fsp3) is 0.500. The van der Waals surface area contributed by atoms with Gasteiger partial charge < -0.3 is 14.0 Å². The number of benzene rings is 2. The second-order valence-corrected chi connectivity index (χ2v) is 9.29. The predicted molar refractivity (Wildman–Crippen MR) is 112 cm³/mol. The smallest absolute Gasteiger partial charge is 0.489 e. The third-order valence-corrected chi connectivity index (χ3v) is 6.95. The van der Waals surface area contributed by atoms with E-state index in [-0.39, 0.29) is 24.1 Å². The first-order valence-electron chi connectivity index (χ1n) is 10.8. The molecule has 29 heavy (non-hydrogen) atoms. The van der Waals surface area contributed by atoms with Crippen LogP contribution in [0.15, 0.2) is 30.3 Å². The van der Waals surface area contributed by atoms with Gasteiger partial charge in [-0.25, -0.2) is 4.39 Å². The Hall–Kier alpha value is -1.85. The molecular weight excluding hydrogens is 366 g/mol. The van der Waals surface area contributed by atoms with Crippen LogP contribution in [0.3, 0.4) is 0 Å². The van der Waals surface area contributed by atoms with Gasteiger partial charge in [0.15, 0.2) is 0 Å². The zero-order valence-corrected chi connectivity index (χ0v) is 17.6. The van der Waals surface area contributed by atoms with E-state index < -0.39 is 7.12 Å². The molecule has 0 spiro atoms. The molecule has 5 heteroatoms. The van der Waals surface area contributed by atoms with Crippen molar-refractivity contribution in [2.75, 3.05) is 0 Å². The maximum Gasteiger partial charge on any atom is 0.494 e. The van der Waals surface area contributed by atoms with Crippen molar-refractivity contribution in [1.82, 2.24) is 0 Å². The van der Waals surface area contributed by atoms with Gasteiger partial charge in [0.05, 0.1) is 11.7 Å². The molecule has 1 saturated heterocycles. The molecular formula is C24H28BFO3. The molecule has 1 saturated carbocycles. The van der Waals surface area contributed by atoms with Crippen LogP contribution in [0.5, 0.6) is 5.75 Å². The van der Waals surface area contributed by atoms with E-state index in [1.807, 2.05) is 26.8 Å². The second kappa shape index (κ2) is 6.85. The van der Waals surface area contributed by atoms with Crippen LogP contribution in [0.2, 0.25) is 0 Å². The molecule has 2 aliphatic carbocycles. The van der Waals surface area contributed by atoms with Crippen LogP contribution in [0.25, 0.3) is 0 Å². The second-order valence-electron chi connectivity index (χ2n) is 9.29. The number of rotatable bonds is 5. The van der Waals surface area contributed by atoms with Gasteiger partial charge in [-0.2, -0.15) is 0 Å². The first kappa shape index (κ1) is 19.1. The lowest BCUT2D eigenvalue weighted by Gasteiger charge is -2.21. The van der Waals surface area contributed by atoms with Gasteiger partial charge in [0, 0.05) is 5.56 Å². The molecule has 3 nitrogen and oxygen atoms in total. The molecule has 0 N–H and O–H groups in total. The summed E-state index contributed by atoms with van der Waals surface area (Å²) in [5.41, 5.74) is 5.13. The molecule has 3 aliphatic rings. The molecule has 2 aromatic carbocycles. The molecule has 0 bridgehead atoms. The van der Waals surface area contributed by atoms with Crippen LogP contribution in [0, 0.1) is 11.7 Å². The van der Waals surface area contributed by atoms with Gasteiger partial charge in [-0.05, 0) is 86.2 Å². The molecule has 2 aromatic rings. The fourth-order valence-electron chi connectivity index (χ4n) is 4.66. The van der Waals surface area contributed by atoms with Crippen molar-refractivity contribution in [2.24, 2.45) is 5.92 Å². The maximum absolute atomic E-state index is 14.5. The third-order valence-electron chi connectivity index (χ3n) is 6.95. The van der Waals surface area contributed by atoms with Crippen molar-refractivity contribution in [1.29, 1.82) is 0 Å². The molecule has 5 rings (SSSR count). The molecule has 3 unspecified atom stereocenters. The molecule has 0 radical (unpaired) electrons. The number of fused-ring (bicyclic) bond motifs is 3. The van der Waals surface area contributed by atoms with E-state index >= 15 is 0 Å². The van der Waals surface area contributed by atoms with Crippen LogP contribution in [-0.4, -0.2) is 18.8 Å². The minimum Gasteiger partial charge on any atom is -0.489 e. The van der Waals surface area contributed by atoms with Gasteiger partial charge in [-0.1, -0.05) is 25.1 Å². The van der Waals surface area contributed by atoms with Crippen LogP contribution < -0.4 is 10.2 Å². The van der Waals surface area contributed by atoms with E-state index in [9.17, 15) is 4.39 Å². The van der Waals surface area contributed by atoms with Crippen LogP contribution in [-0.2, 0) is 28.8 Å². The highest BCUT2D eigenvalue weighted by Crippen LogP contribution is 2.57. The normalized spacial score (nSPS) is 26.4. The lowest BCUT2D eigenvalue weighted by atomic mass is 9.78. The zero-order chi connectivity index (χ0) is 20.3. The minimum atomic E-state index is -0.475. The third kappa shape index (κ3) is 3.38. The molecule has 1 heterocycles. The Morgan fingerprint density at radius 1 is 1.21 bits per heavy atom. The Labute approximate surface area is 172 Å². The number of halogens is 1. The molecule has 3 atom stereocenters. The average Bonchev–Trinajstić information content (AvgIpc) is 3.28. The Balaban J connectivity index is 1.35. The summed E-state index contributed by atoms with van der Waals surface area (Å²) < 4.78 is 32.6. The number of ether oxygens (including phenoxy) is 1. The summed E-state index contributed by atoms with van der Waals surface area (Å²) in [7, 11) is -0.475. The summed E-state index contributed by atoms with van der Waals surface area (Å²) in [4.78, 5) is 0. The Bertz CT molecular complexity index is 957. The fourth-order valence-corrected chi connectivity index (χ4v) is 4.66. The summed E-state index contributed by atoms with van der Waals surface area (Å²) >= 11 is 0. The summed E-state index contributed by atoms with van der Waals surface area (Å²) in [6.07, 6.45) is 3.39. The van der Waals surface area contributed by atoms with Crippen molar-refractivity contribution in [3.05, 3.63) is 58.4 Å². The summed E-state index contributed by atoms with van der Waals surface area (Å²) in [6.45, 7) is 8.36. The molecule has 0 amide bonds. The molecule has 1 aliphatic heterocycles. The highest BCUT2D eigenvalue weighted by Gasteiger charge is 2.45. The van der Waals surface area contributed by atoms with Crippen molar-refractivity contribution in [3.63, 3.8) is 0 Å². The van der Waals surface area contributed by atoms with Crippen molar-refractivity contribution >= 4 is 12.6 Å².